The molecular weight excluding hydrogens is 302 g/mol. The lowest BCUT2D eigenvalue weighted by Gasteiger charge is -2.06. The van der Waals surface area contributed by atoms with E-state index in [9.17, 15) is 8.78 Å². The molecule has 2 rings (SSSR count). The average Bonchev–Trinajstić information content (AvgIpc) is 2.59. The van der Waals surface area contributed by atoms with E-state index in [4.69, 9.17) is 0 Å². The summed E-state index contributed by atoms with van der Waals surface area (Å²) in [7, 11) is 0. The molecule has 2 aromatic rings. The molecule has 2 heteroatoms. The normalized spacial score (nSPS) is 10.6. The van der Waals surface area contributed by atoms with Crippen molar-refractivity contribution in [3.63, 3.8) is 0 Å². The maximum atomic E-state index is 12.2. The predicted molar refractivity (Wildman–Crippen MR) is 99.2 cm³/mol. The Hall–Kier alpha value is -1.96. The Morgan fingerprint density at radius 3 is 1.88 bits per heavy atom. The third-order valence-electron chi connectivity index (χ3n) is 4.29. The van der Waals surface area contributed by atoms with E-state index < -0.39 is 6.08 Å². The average molecular weight is 328 g/mol. The molecule has 0 bridgehead atoms. The van der Waals surface area contributed by atoms with Gasteiger partial charge in [-0.25, -0.2) is 0 Å². The fourth-order valence-electron chi connectivity index (χ4n) is 2.87. The van der Waals surface area contributed by atoms with Crippen molar-refractivity contribution < 1.29 is 8.78 Å². The van der Waals surface area contributed by atoms with Gasteiger partial charge in [0.25, 0.3) is 6.08 Å². The molecule has 0 saturated carbocycles. The van der Waals surface area contributed by atoms with Gasteiger partial charge >= 0.3 is 0 Å². The summed E-state index contributed by atoms with van der Waals surface area (Å²) >= 11 is 0. The van der Waals surface area contributed by atoms with E-state index in [2.05, 4.69) is 31.2 Å². The van der Waals surface area contributed by atoms with Gasteiger partial charge in [-0.05, 0) is 35.1 Å². The van der Waals surface area contributed by atoms with Crippen molar-refractivity contribution in [1.29, 1.82) is 0 Å². The van der Waals surface area contributed by atoms with E-state index in [-0.39, 0.29) is 0 Å². The molecule has 0 aliphatic carbocycles. The van der Waals surface area contributed by atoms with Crippen molar-refractivity contribution >= 4 is 6.08 Å². The van der Waals surface area contributed by atoms with Crippen LogP contribution in [0.4, 0.5) is 8.78 Å². The highest BCUT2D eigenvalue weighted by molar-refractivity contribution is 5.66. The van der Waals surface area contributed by atoms with E-state index in [1.54, 1.807) is 12.1 Å². The number of hydrogen-bond donors (Lipinski definition) is 0. The minimum absolute atomic E-state index is 0.526. The van der Waals surface area contributed by atoms with Crippen LogP contribution < -0.4 is 0 Å². The van der Waals surface area contributed by atoms with Crippen LogP contribution in [0.1, 0.15) is 56.6 Å². The van der Waals surface area contributed by atoms with E-state index in [0.29, 0.717) is 5.56 Å². The molecular formula is C22H26F2. The molecule has 2 aromatic carbocycles. The highest BCUT2D eigenvalue weighted by atomic mass is 19.3. The van der Waals surface area contributed by atoms with Gasteiger partial charge in [0.15, 0.2) is 0 Å². The summed E-state index contributed by atoms with van der Waals surface area (Å²) in [5.41, 5.74) is 4.07. The van der Waals surface area contributed by atoms with E-state index >= 15 is 0 Å². The van der Waals surface area contributed by atoms with Gasteiger partial charge in [-0.3, -0.25) is 0 Å². The molecule has 0 aliphatic heterocycles. The molecule has 0 aromatic heterocycles. The Morgan fingerprint density at radius 2 is 1.29 bits per heavy atom. The van der Waals surface area contributed by atoms with Gasteiger partial charge in [0.05, 0.1) is 0 Å². The Morgan fingerprint density at radius 1 is 0.750 bits per heavy atom. The van der Waals surface area contributed by atoms with Crippen LogP contribution in [0.5, 0.6) is 0 Å². The largest absolute Gasteiger partial charge is 0.270 e. The minimum Gasteiger partial charge on any atom is -0.173 e. The van der Waals surface area contributed by atoms with Gasteiger partial charge in [0.1, 0.15) is 0 Å². The van der Waals surface area contributed by atoms with Gasteiger partial charge in [-0.1, -0.05) is 87.6 Å². The first kappa shape index (κ1) is 18.4. The number of aryl methyl sites for hydroxylation is 1. The standard InChI is InChI=1S/C22H26F2/c1-2-3-4-5-6-7-8-18-9-13-20(14-10-18)21-15-11-19(12-16-21)17-22(23)24/h9-17H,2-8H2,1H3. The molecule has 24 heavy (non-hydrogen) atoms. The van der Waals surface area contributed by atoms with Crippen LogP contribution in [0.25, 0.3) is 17.2 Å². The van der Waals surface area contributed by atoms with Gasteiger partial charge in [0, 0.05) is 6.08 Å². The highest BCUT2D eigenvalue weighted by Gasteiger charge is 2.00. The summed E-state index contributed by atoms with van der Waals surface area (Å²) in [5, 5.41) is 0. The zero-order valence-electron chi connectivity index (χ0n) is 14.4. The predicted octanol–water partition coefficient (Wildman–Crippen LogP) is 7.49. The van der Waals surface area contributed by atoms with Gasteiger partial charge in [0.2, 0.25) is 0 Å². The first-order valence-corrected chi connectivity index (χ1v) is 8.91. The fraction of sp³-hybridized carbons (Fsp3) is 0.364. The van der Waals surface area contributed by atoms with Crippen LogP contribution in [0.2, 0.25) is 0 Å². The topological polar surface area (TPSA) is 0 Å². The second-order valence-electron chi connectivity index (χ2n) is 6.27. The number of benzene rings is 2. The van der Waals surface area contributed by atoms with E-state index in [1.807, 2.05) is 12.1 Å². The van der Waals surface area contributed by atoms with Crippen molar-refractivity contribution in [3.05, 3.63) is 65.7 Å². The highest BCUT2D eigenvalue weighted by Crippen LogP contribution is 2.22. The fourth-order valence-corrected chi connectivity index (χ4v) is 2.87. The lowest BCUT2D eigenvalue weighted by molar-refractivity contribution is 0.429. The van der Waals surface area contributed by atoms with Crippen LogP contribution in [-0.2, 0) is 6.42 Å². The first-order valence-electron chi connectivity index (χ1n) is 8.91. The maximum absolute atomic E-state index is 12.2. The summed E-state index contributed by atoms with van der Waals surface area (Å²) in [4.78, 5) is 0. The zero-order chi connectivity index (χ0) is 17.2. The van der Waals surface area contributed by atoms with E-state index in [0.717, 1.165) is 23.6 Å². The number of hydrogen-bond acceptors (Lipinski definition) is 0. The Kier molecular flexibility index (Phi) is 7.67. The smallest absolute Gasteiger partial charge is 0.173 e. The van der Waals surface area contributed by atoms with Crippen molar-refractivity contribution in [2.45, 2.75) is 51.9 Å². The molecule has 0 saturated heterocycles. The monoisotopic (exact) mass is 328 g/mol. The number of rotatable bonds is 9. The lowest BCUT2D eigenvalue weighted by Crippen LogP contribution is -1.87. The first-order chi connectivity index (χ1) is 11.7. The summed E-state index contributed by atoms with van der Waals surface area (Å²) < 4.78 is 24.5. The minimum atomic E-state index is -1.67. The number of unbranched alkanes of at least 4 members (excludes halogenated alkanes) is 5. The Labute approximate surface area is 144 Å². The molecule has 0 nitrogen and oxygen atoms in total. The third kappa shape index (κ3) is 6.27. The quantitative estimate of drug-likeness (QED) is 0.418. The molecule has 0 radical (unpaired) electrons. The molecule has 0 aliphatic rings. The molecule has 0 fully saturated rings. The molecule has 0 amide bonds. The second-order valence-corrected chi connectivity index (χ2v) is 6.27. The maximum Gasteiger partial charge on any atom is 0.270 e. The molecule has 0 atom stereocenters. The van der Waals surface area contributed by atoms with E-state index in [1.165, 1.54) is 44.1 Å². The molecule has 0 N–H and O–H groups in total. The van der Waals surface area contributed by atoms with Crippen molar-refractivity contribution in [1.82, 2.24) is 0 Å². The van der Waals surface area contributed by atoms with Crippen LogP contribution in [-0.4, -0.2) is 0 Å². The second kappa shape index (κ2) is 10.0. The third-order valence-corrected chi connectivity index (χ3v) is 4.29. The van der Waals surface area contributed by atoms with Crippen LogP contribution in [0.3, 0.4) is 0 Å². The van der Waals surface area contributed by atoms with Crippen LogP contribution in [0, 0.1) is 0 Å². The summed E-state index contributed by atoms with van der Waals surface area (Å²) in [5.74, 6) is 0. The number of halogens is 2. The van der Waals surface area contributed by atoms with Crippen LogP contribution in [0.15, 0.2) is 54.6 Å². The molecule has 0 heterocycles. The molecule has 0 spiro atoms. The Bertz CT molecular complexity index is 620. The van der Waals surface area contributed by atoms with Crippen LogP contribution >= 0.6 is 0 Å². The van der Waals surface area contributed by atoms with Gasteiger partial charge in [-0.15, -0.1) is 0 Å². The summed E-state index contributed by atoms with van der Waals surface area (Å²) in [6, 6.07) is 15.8. The summed E-state index contributed by atoms with van der Waals surface area (Å²) in [6.45, 7) is 2.24. The molecule has 128 valence electrons. The Balaban J connectivity index is 1.86. The van der Waals surface area contributed by atoms with Gasteiger partial charge < -0.3 is 0 Å². The summed E-state index contributed by atoms with van der Waals surface area (Å²) in [6.07, 6.45) is 8.24. The zero-order valence-corrected chi connectivity index (χ0v) is 14.4. The van der Waals surface area contributed by atoms with Crippen molar-refractivity contribution in [2.24, 2.45) is 0 Å². The van der Waals surface area contributed by atoms with Crippen molar-refractivity contribution in [3.8, 4) is 11.1 Å². The SMILES string of the molecule is CCCCCCCCc1ccc(-c2ccc(C=C(F)F)cc2)cc1. The van der Waals surface area contributed by atoms with Crippen molar-refractivity contribution in [2.75, 3.05) is 0 Å². The lowest BCUT2D eigenvalue weighted by atomic mass is 10.00. The van der Waals surface area contributed by atoms with Gasteiger partial charge in [-0.2, -0.15) is 8.78 Å². The molecule has 0 unspecified atom stereocenters.